The Morgan fingerprint density at radius 2 is 2.07 bits per heavy atom. The Bertz CT molecular complexity index is 1030. The number of hydrogen-bond acceptors (Lipinski definition) is 5. The highest BCUT2D eigenvalue weighted by Gasteiger charge is 2.17. The number of ether oxygens (including phenoxy) is 1. The zero-order valence-electron chi connectivity index (χ0n) is 16.2. The average Bonchev–Trinajstić information content (AvgIpc) is 3.38. The van der Waals surface area contributed by atoms with Gasteiger partial charge in [-0.3, -0.25) is 4.68 Å². The molecule has 1 unspecified atom stereocenters. The number of aryl methyl sites for hydroxylation is 2. The van der Waals surface area contributed by atoms with Crippen molar-refractivity contribution in [2.24, 2.45) is 5.14 Å². The van der Waals surface area contributed by atoms with Crippen LogP contribution in [0.2, 0.25) is 0 Å². The highest BCUT2D eigenvalue weighted by molar-refractivity contribution is 7.82. The molecule has 8 heteroatoms. The van der Waals surface area contributed by atoms with Crippen molar-refractivity contribution in [3.63, 3.8) is 0 Å². The number of fused-ring (bicyclic) bond motifs is 1. The number of rotatable bonds is 8. The van der Waals surface area contributed by atoms with Crippen molar-refractivity contribution >= 4 is 16.7 Å². The van der Waals surface area contributed by atoms with Gasteiger partial charge in [-0.15, -0.1) is 0 Å². The van der Waals surface area contributed by atoms with Gasteiger partial charge in [-0.2, -0.15) is 5.10 Å². The minimum Gasteiger partial charge on any atom is -0.478 e. The van der Waals surface area contributed by atoms with E-state index in [2.05, 4.69) is 22.2 Å². The fraction of sp³-hybridized carbons (Fsp3) is 0.333. The number of pyridine rings is 1. The van der Waals surface area contributed by atoms with Gasteiger partial charge >= 0.3 is 0 Å². The van der Waals surface area contributed by atoms with Gasteiger partial charge in [0.1, 0.15) is 11.0 Å². The molecule has 4 rings (SSSR count). The summed E-state index contributed by atoms with van der Waals surface area (Å²) in [5.41, 5.74) is 12.1. The van der Waals surface area contributed by atoms with E-state index in [9.17, 15) is 4.21 Å². The monoisotopic (exact) mass is 411 g/mol. The van der Waals surface area contributed by atoms with Crippen LogP contribution in [0.5, 0.6) is 5.88 Å². The van der Waals surface area contributed by atoms with E-state index >= 15 is 0 Å². The zero-order chi connectivity index (χ0) is 20.2. The average molecular weight is 412 g/mol. The SMILES string of the molecule is Nc1c(-c2ccnc(OCCCCn3ccc(S(N)=O)n3)c2)ccc2c1CCC2. The number of nitrogens with zero attached hydrogens (tertiary/aromatic N) is 3. The number of nitrogens with two attached hydrogens (primary N) is 2. The Morgan fingerprint density at radius 1 is 1.17 bits per heavy atom. The molecule has 1 aliphatic carbocycles. The third kappa shape index (κ3) is 4.49. The maximum absolute atomic E-state index is 11.2. The van der Waals surface area contributed by atoms with Crippen molar-refractivity contribution < 1.29 is 8.95 Å². The van der Waals surface area contributed by atoms with Gasteiger partial charge in [0.2, 0.25) is 5.88 Å². The van der Waals surface area contributed by atoms with Crippen LogP contribution >= 0.6 is 0 Å². The summed E-state index contributed by atoms with van der Waals surface area (Å²) in [7, 11) is -1.54. The van der Waals surface area contributed by atoms with Crippen LogP contribution in [0.1, 0.15) is 30.4 Å². The number of benzene rings is 1. The van der Waals surface area contributed by atoms with E-state index in [-0.39, 0.29) is 0 Å². The summed E-state index contributed by atoms with van der Waals surface area (Å²) in [4.78, 5) is 4.32. The molecule has 0 bridgehead atoms. The largest absolute Gasteiger partial charge is 0.478 e. The molecule has 0 spiro atoms. The van der Waals surface area contributed by atoms with Crippen molar-refractivity contribution in [1.29, 1.82) is 0 Å². The standard InChI is InChI=1S/C21H25N5O2S/c22-21-17-5-3-4-15(17)6-7-18(21)16-8-10-24-19(14-16)28-13-2-1-11-26-12-9-20(25-26)29(23)27/h6-10,12,14H,1-5,11,13,22-23H2. The van der Waals surface area contributed by atoms with Gasteiger partial charge in [0.25, 0.3) is 0 Å². The molecule has 3 aromatic rings. The van der Waals surface area contributed by atoms with Crippen molar-refractivity contribution in [2.75, 3.05) is 12.3 Å². The van der Waals surface area contributed by atoms with Gasteiger partial charge in [-0.25, -0.2) is 14.3 Å². The zero-order valence-corrected chi connectivity index (χ0v) is 17.0. The van der Waals surface area contributed by atoms with E-state index in [1.54, 1.807) is 23.1 Å². The molecule has 1 aliphatic rings. The molecule has 152 valence electrons. The van der Waals surface area contributed by atoms with Crippen LogP contribution in [0.25, 0.3) is 11.1 Å². The lowest BCUT2D eigenvalue weighted by Crippen LogP contribution is -2.06. The molecule has 0 saturated heterocycles. The Morgan fingerprint density at radius 3 is 2.90 bits per heavy atom. The Hall–Kier alpha value is -2.71. The number of nitrogen functional groups attached to an aromatic ring is 1. The molecule has 0 aliphatic heterocycles. The molecule has 1 atom stereocenters. The van der Waals surface area contributed by atoms with Crippen LogP contribution < -0.4 is 15.6 Å². The lowest BCUT2D eigenvalue weighted by Gasteiger charge is -2.12. The van der Waals surface area contributed by atoms with E-state index in [0.29, 0.717) is 17.5 Å². The second-order valence-electron chi connectivity index (χ2n) is 7.17. The molecular weight excluding hydrogens is 386 g/mol. The lowest BCUT2D eigenvalue weighted by atomic mass is 9.98. The van der Waals surface area contributed by atoms with Crippen molar-refractivity contribution in [3.8, 4) is 17.0 Å². The Balaban J connectivity index is 1.32. The molecule has 2 aromatic heterocycles. The number of hydrogen-bond donors (Lipinski definition) is 2. The molecule has 0 amide bonds. The summed E-state index contributed by atoms with van der Waals surface area (Å²) in [6.07, 6.45) is 8.64. The third-order valence-corrected chi connectivity index (χ3v) is 5.86. The quantitative estimate of drug-likeness (QED) is 0.438. The molecule has 7 nitrogen and oxygen atoms in total. The van der Waals surface area contributed by atoms with Crippen LogP contribution in [0.4, 0.5) is 5.69 Å². The summed E-state index contributed by atoms with van der Waals surface area (Å²) in [5, 5.41) is 9.89. The molecule has 0 radical (unpaired) electrons. The first-order valence-corrected chi connectivity index (χ1v) is 11.0. The second-order valence-corrected chi connectivity index (χ2v) is 8.18. The topological polar surface area (TPSA) is 109 Å². The van der Waals surface area contributed by atoms with Crippen molar-refractivity contribution in [2.45, 2.75) is 43.7 Å². The molecule has 0 fully saturated rings. The van der Waals surface area contributed by atoms with Crippen LogP contribution in [-0.4, -0.2) is 25.6 Å². The van der Waals surface area contributed by atoms with Crippen LogP contribution in [-0.2, 0) is 30.4 Å². The summed E-state index contributed by atoms with van der Waals surface area (Å²) in [5.74, 6) is 0.599. The van der Waals surface area contributed by atoms with E-state index in [4.69, 9.17) is 15.6 Å². The maximum Gasteiger partial charge on any atom is 0.213 e. The number of aromatic nitrogens is 3. The number of unbranched alkanes of at least 4 members (excludes halogenated alkanes) is 1. The Kier molecular flexibility index (Phi) is 5.92. The highest BCUT2D eigenvalue weighted by Crippen LogP contribution is 2.35. The number of anilines is 1. The molecule has 0 saturated carbocycles. The summed E-state index contributed by atoms with van der Waals surface area (Å²) < 4.78 is 18.8. The Labute approximate surface area is 172 Å². The minimum atomic E-state index is -1.54. The van der Waals surface area contributed by atoms with E-state index in [1.807, 2.05) is 12.1 Å². The predicted octanol–water partition coefficient (Wildman–Crippen LogP) is 2.86. The first kappa shape index (κ1) is 19.6. The molecule has 1 aromatic carbocycles. The van der Waals surface area contributed by atoms with Gasteiger partial charge in [0.05, 0.1) is 6.61 Å². The molecule has 29 heavy (non-hydrogen) atoms. The summed E-state index contributed by atoms with van der Waals surface area (Å²) >= 11 is 0. The van der Waals surface area contributed by atoms with Crippen molar-refractivity contribution in [1.82, 2.24) is 14.8 Å². The third-order valence-electron chi connectivity index (χ3n) is 5.23. The second kappa shape index (κ2) is 8.75. The first-order chi connectivity index (χ1) is 14.1. The van der Waals surface area contributed by atoms with Gasteiger partial charge in [0, 0.05) is 36.3 Å². The van der Waals surface area contributed by atoms with Gasteiger partial charge < -0.3 is 10.5 Å². The van der Waals surface area contributed by atoms with Gasteiger partial charge in [0.15, 0.2) is 5.03 Å². The maximum atomic E-state index is 11.2. The highest BCUT2D eigenvalue weighted by atomic mass is 32.2. The van der Waals surface area contributed by atoms with Gasteiger partial charge in [-0.05, 0) is 60.9 Å². The predicted molar refractivity (Wildman–Crippen MR) is 114 cm³/mol. The first-order valence-electron chi connectivity index (χ1n) is 9.81. The molecule has 4 N–H and O–H groups in total. The van der Waals surface area contributed by atoms with Gasteiger partial charge in [-0.1, -0.05) is 12.1 Å². The van der Waals surface area contributed by atoms with E-state index < -0.39 is 11.0 Å². The normalized spacial score (nSPS) is 14.0. The minimum absolute atomic E-state index is 0.396. The summed E-state index contributed by atoms with van der Waals surface area (Å²) in [6.45, 7) is 1.28. The molecular formula is C21H25N5O2S. The van der Waals surface area contributed by atoms with Crippen molar-refractivity contribution in [3.05, 3.63) is 53.9 Å². The van der Waals surface area contributed by atoms with E-state index in [0.717, 1.165) is 49.0 Å². The van der Waals surface area contributed by atoms with E-state index in [1.165, 1.54) is 17.5 Å². The van der Waals surface area contributed by atoms with Crippen LogP contribution in [0.15, 0.2) is 47.8 Å². The van der Waals surface area contributed by atoms with Crippen LogP contribution in [0.3, 0.4) is 0 Å². The fourth-order valence-corrected chi connectivity index (χ4v) is 4.11. The smallest absolute Gasteiger partial charge is 0.213 e. The van der Waals surface area contributed by atoms with Crippen LogP contribution in [0, 0.1) is 0 Å². The molecule has 2 heterocycles. The lowest BCUT2D eigenvalue weighted by molar-refractivity contribution is 0.291. The summed E-state index contributed by atoms with van der Waals surface area (Å²) in [6, 6.07) is 9.88. The fourth-order valence-electron chi connectivity index (χ4n) is 3.73.